The molecule has 112 valence electrons. The van der Waals surface area contributed by atoms with Crippen LogP contribution in [0.1, 0.15) is 22.3 Å². The van der Waals surface area contributed by atoms with Crippen molar-refractivity contribution in [3.8, 4) is 0 Å². The molecule has 3 aromatic rings. The molecule has 0 aliphatic rings. The lowest BCUT2D eigenvalue weighted by Gasteiger charge is -2.13. The van der Waals surface area contributed by atoms with Gasteiger partial charge in [-0.05, 0) is 55.7 Å². The number of aromatic nitrogens is 2. The van der Waals surface area contributed by atoms with Gasteiger partial charge in [-0.1, -0.05) is 33.6 Å². The van der Waals surface area contributed by atoms with E-state index in [2.05, 4.69) is 53.8 Å². The maximum atomic E-state index is 12.7. The van der Waals surface area contributed by atoms with Crippen LogP contribution in [0.4, 0.5) is 0 Å². The third-order valence-electron chi connectivity index (χ3n) is 3.95. The van der Waals surface area contributed by atoms with Gasteiger partial charge in [-0.2, -0.15) is 0 Å². The van der Waals surface area contributed by atoms with E-state index in [0.29, 0.717) is 11.9 Å². The van der Waals surface area contributed by atoms with Crippen LogP contribution in [-0.4, -0.2) is 9.55 Å². The molecule has 0 amide bonds. The van der Waals surface area contributed by atoms with Crippen LogP contribution in [0.25, 0.3) is 10.9 Å². The van der Waals surface area contributed by atoms with Gasteiger partial charge in [0.1, 0.15) is 0 Å². The van der Waals surface area contributed by atoms with Crippen LogP contribution in [0.3, 0.4) is 0 Å². The first-order valence-electron chi connectivity index (χ1n) is 7.17. The zero-order valence-corrected chi connectivity index (χ0v) is 14.4. The molecular formula is C18H17BrN2O. The summed E-state index contributed by atoms with van der Waals surface area (Å²) in [7, 11) is 0. The fraction of sp³-hybridized carbons (Fsp3) is 0.222. The Morgan fingerprint density at radius 2 is 1.77 bits per heavy atom. The van der Waals surface area contributed by atoms with E-state index in [1.807, 2.05) is 18.2 Å². The largest absolute Gasteiger partial charge is 0.294 e. The number of aryl methyl sites for hydroxylation is 3. The van der Waals surface area contributed by atoms with Crippen LogP contribution >= 0.6 is 15.9 Å². The molecule has 1 aromatic heterocycles. The second-order valence-corrected chi connectivity index (χ2v) is 6.63. The fourth-order valence-electron chi connectivity index (χ4n) is 2.87. The molecule has 0 radical (unpaired) electrons. The Kier molecular flexibility index (Phi) is 3.87. The third kappa shape index (κ3) is 2.71. The number of fused-ring (bicyclic) bond motifs is 1. The molecule has 4 heteroatoms. The van der Waals surface area contributed by atoms with Crippen LogP contribution < -0.4 is 5.56 Å². The Labute approximate surface area is 137 Å². The number of nitrogens with zero attached hydrogens (tertiary/aromatic N) is 2. The normalized spacial score (nSPS) is 11.1. The second kappa shape index (κ2) is 5.69. The van der Waals surface area contributed by atoms with E-state index in [0.717, 1.165) is 9.99 Å². The summed E-state index contributed by atoms with van der Waals surface area (Å²) >= 11 is 3.41. The lowest BCUT2D eigenvalue weighted by atomic mass is 10.00. The molecule has 0 saturated heterocycles. The summed E-state index contributed by atoms with van der Waals surface area (Å²) in [6, 6.07) is 9.88. The zero-order chi connectivity index (χ0) is 15.9. The van der Waals surface area contributed by atoms with Gasteiger partial charge in [-0.25, -0.2) is 4.98 Å². The Morgan fingerprint density at radius 3 is 2.45 bits per heavy atom. The van der Waals surface area contributed by atoms with E-state index in [9.17, 15) is 4.79 Å². The predicted molar refractivity (Wildman–Crippen MR) is 93.5 cm³/mol. The molecule has 22 heavy (non-hydrogen) atoms. The Balaban J connectivity index is 2.12. The minimum atomic E-state index is -0.00863. The molecule has 0 bridgehead atoms. The Bertz CT molecular complexity index is 905. The number of rotatable bonds is 2. The van der Waals surface area contributed by atoms with Crippen LogP contribution in [0.15, 0.2) is 45.9 Å². The number of hydrogen-bond donors (Lipinski definition) is 0. The van der Waals surface area contributed by atoms with Crippen LogP contribution in [-0.2, 0) is 6.54 Å². The minimum Gasteiger partial charge on any atom is -0.294 e. The van der Waals surface area contributed by atoms with E-state index >= 15 is 0 Å². The first-order chi connectivity index (χ1) is 10.5. The van der Waals surface area contributed by atoms with Crippen LogP contribution in [0.5, 0.6) is 0 Å². The lowest BCUT2D eigenvalue weighted by Crippen LogP contribution is -2.22. The van der Waals surface area contributed by atoms with Gasteiger partial charge in [-0.3, -0.25) is 9.36 Å². The fourth-order valence-corrected chi connectivity index (χ4v) is 3.23. The minimum absolute atomic E-state index is 0.00863. The number of halogens is 1. The SMILES string of the molecule is Cc1cc(C)c(Cn2cnc3ccc(Br)cc3c2=O)c(C)c1. The highest BCUT2D eigenvalue weighted by Gasteiger charge is 2.09. The molecule has 0 aliphatic heterocycles. The van der Waals surface area contributed by atoms with E-state index in [1.54, 1.807) is 10.9 Å². The van der Waals surface area contributed by atoms with Crippen molar-refractivity contribution >= 4 is 26.8 Å². The van der Waals surface area contributed by atoms with Crippen molar-refractivity contribution in [3.05, 3.63) is 73.7 Å². The second-order valence-electron chi connectivity index (χ2n) is 5.72. The van der Waals surface area contributed by atoms with E-state index in [4.69, 9.17) is 0 Å². The van der Waals surface area contributed by atoms with Crippen molar-refractivity contribution in [1.29, 1.82) is 0 Å². The quantitative estimate of drug-likeness (QED) is 0.691. The molecular weight excluding hydrogens is 340 g/mol. The lowest BCUT2D eigenvalue weighted by molar-refractivity contribution is 0.740. The van der Waals surface area contributed by atoms with Crippen molar-refractivity contribution in [2.75, 3.05) is 0 Å². The molecule has 0 spiro atoms. The first-order valence-corrected chi connectivity index (χ1v) is 7.96. The van der Waals surface area contributed by atoms with E-state index in [1.165, 1.54) is 22.3 Å². The van der Waals surface area contributed by atoms with Gasteiger partial charge >= 0.3 is 0 Å². The molecule has 0 atom stereocenters. The van der Waals surface area contributed by atoms with Gasteiger partial charge in [0, 0.05) is 4.47 Å². The predicted octanol–water partition coefficient (Wildman–Crippen LogP) is 4.13. The van der Waals surface area contributed by atoms with Crippen molar-refractivity contribution in [3.63, 3.8) is 0 Å². The highest BCUT2D eigenvalue weighted by molar-refractivity contribution is 9.10. The molecule has 0 aliphatic carbocycles. The summed E-state index contributed by atoms with van der Waals surface area (Å²) in [6.45, 7) is 6.81. The Hall–Kier alpha value is -1.94. The van der Waals surface area contributed by atoms with Gasteiger partial charge in [0.15, 0.2) is 0 Å². The monoisotopic (exact) mass is 356 g/mol. The topological polar surface area (TPSA) is 34.9 Å². The van der Waals surface area contributed by atoms with Gasteiger partial charge < -0.3 is 0 Å². The van der Waals surface area contributed by atoms with Crippen molar-refractivity contribution < 1.29 is 0 Å². The smallest absolute Gasteiger partial charge is 0.261 e. The van der Waals surface area contributed by atoms with Crippen molar-refractivity contribution in [1.82, 2.24) is 9.55 Å². The van der Waals surface area contributed by atoms with Gasteiger partial charge in [0.2, 0.25) is 0 Å². The zero-order valence-electron chi connectivity index (χ0n) is 12.9. The Morgan fingerprint density at radius 1 is 1.09 bits per heavy atom. The molecule has 3 nitrogen and oxygen atoms in total. The van der Waals surface area contributed by atoms with Gasteiger partial charge in [0.05, 0.1) is 23.8 Å². The average Bonchev–Trinajstić information content (AvgIpc) is 2.45. The average molecular weight is 357 g/mol. The summed E-state index contributed by atoms with van der Waals surface area (Å²) in [5.74, 6) is 0. The standard InChI is InChI=1S/C18H17BrN2O/c1-11-6-12(2)16(13(3)7-11)9-21-10-20-17-5-4-14(19)8-15(17)18(21)22/h4-8,10H,9H2,1-3H3. The summed E-state index contributed by atoms with van der Waals surface area (Å²) in [6.07, 6.45) is 1.64. The number of hydrogen-bond acceptors (Lipinski definition) is 2. The molecule has 0 fully saturated rings. The highest BCUT2D eigenvalue weighted by Crippen LogP contribution is 2.18. The maximum absolute atomic E-state index is 12.7. The summed E-state index contributed by atoms with van der Waals surface area (Å²) in [5, 5.41) is 0.638. The summed E-state index contributed by atoms with van der Waals surface area (Å²) in [4.78, 5) is 17.1. The van der Waals surface area contributed by atoms with Crippen molar-refractivity contribution in [2.45, 2.75) is 27.3 Å². The molecule has 1 heterocycles. The molecule has 0 N–H and O–H groups in total. The third-order valence-corrected chi connectivity index (χ3v) is 4.45. The molecule has 0 unspecified atom stereocenters. The van der Waals surface area contributed by atoms with E-state index in [-0.39, 0.29) is 5.56 Å². The van der Waals surface area contributed by atoms with Gasteiger partial charge in [-0.15, -0.1) is 0 Å². The molecule has 0 saturated carbocycles. The summed E-state index contributed by atoms with van der Waals surface area (Å²) in [5.41, 5.74) is 5.56. The number of benzene rings is 2. The van der Waals surface area contributed by atoms with Crippen molar-refractivity contribution in [2.24, 2.45) is 0 Å². The van der Waals surface area contributed by atoms with E-state index < -0.39 is 0 Å². The molecule has 3 rings (SSSR count). The highest BCUT2D eigenvalue weighted by atomic mass is 79.9. The summed E-state index contributed by atoms with van der Waals surface area (Å²) < 4.78 is 2.57. The van der Waals surface area contributed by atoms with Crippen LogP contribution in [0.2, 0.25) is 0 Å². The first kappa shape index (κ1) is 15.0. The van der Waals surface area contributed by atoms with Gasteiger partial charge in [0.25, 0.3) is 5.56 Å². The van der Waals surface area contributed by atoms with Crippen LogP contribution in [0, 0.1) is 20.8 Å². The molecule has 2 aromatic carbocycles. The maximum Gasteiger partial charge on any atom is 0.261 e.